The lowest BCUT2D eigenvalue weighted by Crippen LogP contribution is -1.99. The van der Waals surface area contributed by atoms with Crippen LogP contribution in [0.1, 0.15) is 19.8 Å². The SMILES string of the molecule is CCOP1(=O)CCCCS1. The van der Waals surface area contributed by atoms with Crippen LogP contribution in [-0.4, -0.2) is 18.5 Å². The lowest BCUT2D eigenvalue weighted by atomic mass is 10.4. The van der Waals surface area contributed by atoms with Crippen LogP contribution in [0.3, 0.4) is 0 Å². The van der Waals surface area contributed by atoms with Gasteiger partial charge in [0, 0.05) is 11.9 Å². The second-order valence-corrected chi connectivity index (χ2v) is 7.33. The molecule has 0 amide bonds. The summed E-state index contributed by atoms with van der Waals surface area (Å²) in [5.41, 5.74) is 0. The fourth-order valence-corrected chi connectivity index (χ4v) is 5.46. The molecule has 0 aliphatic carbocycles. The Balaban J connectivity index is 2.41. The van der Waals surface area contributed by atoms with Crippen molar-refractivity contribution in [2.45, 2.75) is 19.8 Å². The van der Waals surface area contributed by atoms with Gasteiger partial charge in [0.1, 0.15) is 0 Å². The third kappa shape index (κ3) is 2.30. The average Bonchev–Trinajstić information content (AvgIpc) is 1.89. The molecule has 1 fully saturated rings. The Morgan fingerprint density at radius 3 is 2.90 bits per heavy atom. The van der Waals surface area contributed by atoms with Crippen LogP contribution >= 0.6 is 18.0 Å². The molecule has 2 nitrogen and oxygen atoms in total. The van der Waals surface area contributed by atoms with Crippen molar-refractivity contribution in [3.8, 4) is 0 Å². The van der Waals surface area contributed by atoms with Gasteiger partial charge >= 0.3 is 0 Å². The highest BCUT2D eigenvalue weighted by atomic mass is 32.7. The van der Waals surface area contributed by atoms with Crippen LogP contribution in [0.5, 0.6) is 0 Å². The lowest BCUT2D eigenvalue weighted by Gasteiger charge is -2.20. The van der Waals surface area contributed by atoms with E-state index in [-0.39, 0.29) is 0 Å². The van der Waals surface area contributed by atoms with E-state index in [1.165, 1.54) is 17.8 Å². The maximum absolute atomic E-state index is 11.6. The predicted molar refractivity (Wildman–Crippen MR) is 45.8 cm³/mol. The summed E-state index contributed by atoms with van der Waals surface area (Å²) in [5.74, 6) is 1.01. The van der Waals surface area contributed by atoms with Gasteiger partial charge in [-0.3, -0.25) is 4.57 Å². The zero-order valence-corrected chi connectivity index (χ0v) is 7.92. The van der Waals surface area contributed by atoms with Crippen molar-refractivity contribution in [2.24, 2.45) is 0 Å². The second-order valence-electron chi connectivity index (χ2n) is 2.29. The molecule has 0 aromatic heterocycles. The molecular weight excluding hydrogens is 167 g/mol. The standard InChI is InChI=1S/C6H13O2PS/c1-2-8-9(7)5-3-4-6-10-9/h2-6H2,1H3. The molecule has 0 N–H and O–H groups in total. The maximum atomic E-state index is 11.6. The Kier molecular flexibility index (Phi) is 3.28. The third-order valence-electron chi connectivity index (χ3n) is 1.44. The van der Waals surface area contributed by atoms with Crippen LogP contribution in [0, 0.1) is 0 Å². The van der Waals surface area contributed by atoms with Gasteiger partial charge in [-0.25, -0.2) is 0 Å². The Bertz CT molecular complexity index is 130. The molecule has 10 heavy (non-hydrogen) atoms. The largest absolute Gasteiger partial charge is 0.321 e. The van der Waals surface area contributed by atoms with Gasteiger partial charge in [-0.15, -0.1) is 0 Å². The number of rotatable bonds is 2. The van der Waals surface area contributed by atoms with E-state index in [1.807, 2.05) is 6.92 Å². The molecule has 1 aliphatic heterocycles. The van der Waals surface area contributed by atoms with Crippen LogP contribution in [0.25, 0.3) is 0 Å². The second kappa shape index (κ2) is 3.80. The normalized spacial score (nSPS) is 34.1. The zero-order valence-electron chi connectivity index (χ0n) is 6.21. The lowest BCUT2D eigenvalue weighted by molar-refractivity contribution is 0.344. The van der Waals surface area contributed by atoms with Gasteiger partial charge in [-0.1, -0.05) is 11.4 Å². The van der Waals surface area contributed by atoms with E-state index in [0.717, 1.165) is 18.3 Å². The monoisotopic (exact) mass is 180 g/mol. The van der Waals surface area contributed by atoms with Gasteiger partial charge in [0.2, 0.25) is 0 Å². The van der Waals surface area contributed by atoms with E-state index in [4.69, 9.17) is 4.52 Å². The molecule has 1 aliphatic rings. The number of hydrogen-bond donors (Lipinski definition) is 0. The van der Waals surface area contributed by atoms with Gasteiger partial charge in [0.25, 0.3) is 6.57 Å². The highest BCUT2D eigenvalue weighted by Crippen LogP contribution is 2.62. The summed E-state index contributed by atoms with van der Waals surface area (Å²) in [6, 6.07) is 0. The van der Waals surface area contributed by atoms with E-state index in [0.29, 0.717) is 6.61 Å². The van der Waals surface area contributed by atoms with Gasteiger partial charge in [0.15, 0.2) is 0 Å². The van der Waals surface area contributed by atoms with E-state index in [1.54, 1.807) is 0 Å². The molecule has 4 heteroatoms. The molecule has 0 radical (unpaired) electrons. The van der Waals surface area contributed by atoms with E-state index < -0.39 is 6.57 Å². The molecule has 1 heterocycles. The summed E-state index contributed by atoms with van der Waals surface area (Å²) >= 11 is 1.52. The van der Waals surface area contributed by atoms with Crippen LogP contribution in [0.2, 0.25) is 0 Å². The molecule has 1 rings (SSSR count). The first-order chi connectivity index (χ1) is 4.77. The highest BCUT2D eigenvalue weighted by molar-refractivity contribution is 8.56. The summed E-state index contributed by atoms with van der Waals surface area (Å²) in [6.07, 6.45) is 3.05. The summed E-state index contributed by atoms with van der Waals surface area (Å²) < 4.78 is 16.8. The number of hydrogen-bond acceptors (Lipinski definition) is 3. The molecule has 0 aromatic carbocycles. The Labute approximate surface area is 65.9 Å². The minimum atomic E-state index is -2.20. The van der Waals surface area contributed by atoms with E-state index in [2.05, 4.69) is 0 Å². The van der Waals surface area contributed by atoms with Gasteiger partial charge in [-0.05, 0) is 19.8 Å². The molecule has 1 saturated heterocycles. The van der Waals surface area contributed by atoms with Gasteiger partial charge in [-0.2, -0.15) is 0 Å². The molecule has 1 atom stereocenters. The van der Waals surface area contributed by atoms with Crippen LogP contribution in [0.15, 0.2) is 0 Å². The first-order valence-corrected chi connectivity index (χ1v) is 7.05. The molecule has 0 saturated carbocycles. The van der Waals surface area contributed by atoms with Crippen molar-refractivity contribution in [1.29, 1.82) is 0 Å². The van der Waals surface area contributed by atoms with Crippen molar-refractivity contribution in [1.82, 2.24) is 0 Å². The quantitative estimate of drug-likeness (QED) is 0.611. The first-order valence-electron chi connectivity index (χ1n) is 3.65. The average molecular weight is 180 g/mol. The minimum absolute atomic E-state index is 0.588. The van der Waals surface area contributed by atoms with Gasteiger partial charge in [0.05, 0.1) is 6.61 Å². The van der Waals surface area contributed by atoms with Crippen LogP contribution in [-0.2, 0) is 9.09 Å². The predicted octanol–water partition coefficient (Wildman–Crippen LogP) is 2.74. The third-order valence-corrected chi connectivity index (χ3v) is 6.41. The van der Waals surface area contributed by atoms with Crippen LogP contribution < -0.4 is 0 Å². The van der Waals surface area contributed by atoms with Gasteiger partial charge < -0.3 is 4.52 Å². The Morgan fingerprint density at radius 1 is 1.60 bits per heavy atom. The van der Waals surface area contributed by atoms with E-state index in [9.17, 15) is 4.57 Å². The van der Waals surface area contributed by atoms with Crippen molar-refractivity contribution >= 4 is 18.0 Å². The first kappa shape index (κ1) is 8.63. The van der Waals surface area contributed by atoms with Crippen molar-refractivity contribution in [3.63, 3.8) is 0 Å². The Morgan fingerprint density at radius 2 is 2.40 bits per heavy atom. The van der Waals surface area contributed by atoms with Crippen molar-refractivity contribution in [3.05, 3.63) is 0 Å². The van der Waals surface area contributed by atoms with E-state index >= 15 is 0 Å². The fraction of sp³-hybridized carbons (Fsp3) is 1.00. The fourth-order valence-electron chi connectivity index (χ4n) is 0.974. The van der Waals surface area contributed by atoms with Crippen molar-refractivity contribution < 1.29 is 9.09 Å². The smallest absolute Gasteiger partial charge is 0.257 e. The topological polar surface area (TPSA) is 26.3 Å². The summed E-state index contributed by atoms with van der Waals surface area (Å²) in [6.45, 7) is 0.288. The molecule has 0 spiro atoms. The molecule has 60 valence electrons. The Hall–Kier alpha value is 0.540. The summed E-state index contributed by atoms with van der Waals surface area (Å²) in [5, 5.41) is 0. The highest BCUT2D eigenvalue weighted by Gasteiger charge is 2.25. The zero-order chi connectivity index (χ0) is 7.45. The summed E-state index contributed by atoms with van der Waals surface area (Å²) in [4.78, 5) is 0. The maximum Gasteiger partial charge on any atom is 0.257 e. The molecule has 1 unspecified atom stereocenters. The molecular formula is C6H13O2PS. The molecule has 0 aromatic rings. The minimum Gasteiger partial charge on any atom is -0.321 e. The van der Waals surface area contributed by atoms with Crippen LogP contribution in [0.4, 0.5) is 0 Å². The molecule has 0 bridgehead atoms. The summed E-state index contributed by atoms with van der Waals surface area (Å²) in [7, 11) is 0. The van der Waals surface area contributed by atoms with Crippen molar-refractivity contribution in [2.75, 3.05) is 18.5 Å².